The first-order valence-electron chi connectivity index (χ1n) is 9.38. The summed E-state index contributed by atoms with van der Waals surface area (Å²) in [6.07, 6.45) is 1.07. The highest BCUT2D eigenvalue weighted by Crippen LogP contribution is 2.38. The fourth-order valence-corrected chi connectivity index (χ4v) is 13.8. The summed E-state index contributed by atoms with van der Waals surface area (Å²) in [5.74, 6) is 0.455. The third kappa shape index (κ3) is 7.40. The second-order valence-corrected chi connectivity index (χ2v) is 19.9. The first kappa shape index (κ1) is 21.9. The molecule has 1 unspecified atom stereocenters. The number of carbonyl (C=O) groups is 1. The van der Waals surface area contributed by atoms with Crippen LogP contribution < -0.4 is 0 Å². The van der Waals surface area contributed by atoms with E-state index in [1.54, 1.807) is 0 Å². The van der Waals surface area contributed by atoms with Gasteiger partial charge in [-0.2, -0.15) is 0 Å². The summed E-state index contributed by atoms with van der Waals surface area (Å²) in [6, 6.07) is 1.81. The molecule has 1 fully saturated rings. The maximum atomic E-state index is 12.7. The lowest BCUT2D eigenvalue weighted by atomic mass is 9.72. The highest BCUT2D eigenvalue weighted by molar-refractivity contribution is 6.86. The number of hydrogen-bond acceptors (Lipinski definition) is 3. The van der Waals surface area contributed by atoms with Gasteiger partial charge in [-0.05, 0) is 61.4 Å². The zero-order valence-corrected chi connectivity index (χ0v) is 19.7. The number of carbonyl (C=O) groups excluding carboxylic acids is 1. The Balaban J connectivity index is 2.72. The molecule has 1 rings (SSSR count). The van der Waals surface area contributed by atoms with Crippen molar-refractivity contribution in [3.63, 3.8) is 0 Å². The zero-order valence-electron chi connectivity index (χ0n) is 17.7. The van der Waals surface area contributed by atoms with Crippen LogP contribution in [-0.2, 0) is 13.6 Å². The van der Waals surface area contributed by atoms with Gasteiger partial charge < -0.3 is 8.85 Å². The molecule has 5 heteroatoms. The second-order valence-electron chi connectivity index (χ2n) is 11.2. The van der Waals surface area contributed by atoms with Crippen LogP contribution in [0.2, 0.25) is 38.3 Å². The summed E-state index contributed by atoms with van der Waals surface area (Å²) >= 11 is 0. The normalized spacial score (nSPS) is 22.9. The Bertz CT molecular complexity index is 429. The van der Waals surface area contributed by atoms with Crippen LogP contribution in [-0.4, -0.2) is 29.2 Å². The van der Waals surface area contributed by atoms with E-state index in [4.69, 9.17) is 8.85 Å². The second kappa shape index (κ2) is 7.24. The third-order valence-electron chi connectivity index (χ3n) is 4.87. The molecule has 1 heterocycles. The topological polar surface area (TPSA) is 35.5 Å². The molecule has 0 saturated carbocycles. The van der Waals surface area contributed by atoms with Gasteiger partial charge in [0.05, 0.1) is 12.5 Å². The minimum atomic E-state index is -1.72. The van der Waals surface area contributed by atoms with Gasteiger partial charge in [-0.25, -0.2) is 0 Å². The predicted octanol–water partition coefficient (Wildman–Crippen LogP) is 5.68. The molecule has 0 aromatic rings. The number of rotatable bonds is 4. The van der Waals surface area contributed by atoms with Gasteiger partial charge in [0, 0.05) is 0 Å². The molecule has 1 aliphatic rings. The lowest BCUT2D eigenvalue weighted by Gasteiger charge is -2.42. The molecular weight excluding hydrogens is 332 g/mol. The Kier molecular flexibility index (Phi) is 6.60. The van der Waals surface area contributed by atoms with Crippen molar-refractivity contribution in [1.29, 1.82) is 0 Å². The Hall–Kier alpha value is -0.136. The molecule has 0 spiro atoms. The van der Waals surface area contributed by atoms with Gasteiger partial charge in [0.1, 0.15) is 0 Å². The van der Waals surface area contributed by atoms with Crippen LogP contribution in [0.3, 0.4) is 0 Å². The summed E-state index contributed by atoms with van der Waals surface area (Å²) in [5, 5.41) is 0. The lowest BCUT2D eigenvalue weighted by molar-refractivity contribution is -0.150. The molecule has 0 N–H and O–H groups in total. The molecule has 0 aliphatic carbocycles. The van der Waals surface area contributed by atoms with Crippen molar-refractivity contribution in [2.75, 3.05) is 6.61 Å². The van der Waals surface area contributed by atoms with Gasteiger partial charge in [0.2, 0.25) is 0 Å². The quantitative estimate of drug-likeness (QED) is 0.470. The minimum Gasteiger partial charge on any atom is -0.465 e. The molecule has 0 radical (unpaired) electrons. The van der Waals surface area contributed by atoms with Gasteiger partial charge in [-0.3, -0.25) is 4.79 Å². The van der Waals surface area contributed by atoms with E-state index in [1.165, 1.54) is 0 Å². The van der Waals surface area contributed by atoms with Crippen molar-refractivity contribution in [2.24, 2.45) is 22.7 Å². The maximum absolute atomic E-state index is 12.7. The van der Waals surface area contributed by atoms with Gasteiger partial charge in [0.15, 0.2) is 16.6 Å². The number of hydrogen-bond donors (Lipinski definition) is 0. The average Bonchev–Trinajstić information content (AvgIpc) is 2.27. The number of ether oxygens (including phenoxy) is 1. The van der Waals surface area contributed by atoms with E-state index in [0.717, 1.165) is 18.5 Å². The highest BCUT2D eigenvalue weighted by Gasteiger charge is 2.45. The van der Waals surface area contributed by atoms with E-state index >= 15 is 0 Å². The summed E-state index contributed by atoms with van der Waals surface area (Å²) < 4.78 is 12.2. The van der Waals surface area contributed by atoms with Gasteiger partial charge in [-0.1, -0.05) is 41.5 Å². The Morgan fingerprint density at radius 3 is 1.88 bits per heavy atom. The molecule has 24 heavy (non-hydrogen) atoms. The molecule has 0 amide bonds. The van der Waals surface area contributed by atoms with Crippen molar-refractivity contribution >= 4 is 22.6 Å². The summed E-state index contributed by atoms with van der Waals surface area (Å²) in [6.45, 7) is 23.0. The van der Waals surface area contributed by atoms with Crippen molar-refractivity contribution in [3.05, 3.63) is 0 Å². The van der Waals surface area contributed by atoms with Crippen molar-refractivity contribution in [2.45, 2.75) is 86.2 Å². The average molecular weight is 373 g/mol. The van der Waals surface area contributed by atoms with Gasteiger partial charge in [0.25, 0.3) is 0 Å². The zero-order chi connectivity index (χ0) is 19.0. The van der Waals surface area contributed by atoms with Crippen LogP contribution in [0.25, 0.3) is 0 Å². The standard InChI is InChI=1S/C19H40O3Si2/c1-18(2,3)11-16(19(4,5)6)12-21-17(20)15-13-23(7,8)22-24(9,10)14-15/h15-16H,11-14H2,1-10H3. The minimum absolute atomic E-state index is 0.0163. The first-order valence-corrected chi connectivity index (χ1v) is 15.6. The molecule has 0 aromatic carbocycles. The molecule has 3 nitrogen and oxygen atoms in total. The molecule has 142 valence electrons. The molecule has 1 saturated heterocycles. The maximum Gasteiger partial charge on any atom is 0.308 e. The van der Waals surface area contributed by atoms with E-state index in [9.17, 15) is 4.79 Å². The summed E-state index contributed by atoms with van der Waals surface area (Å²) in [5.41, 5.74) is 0.387. The molecule has 0 aromatic heterocycles. The monoisotopic (exact) mass is 372 g/mol. The van der Waals surface area contributed by atoms with E-state index < -0.39 is 16.6 Å². The van der Waals surface area contributed by atoms with Gasteiger partial charge in [-0.15, -0.1) is 0 Å². The van der Waals surface area contributed by atoms with E-state index in [1.807, 2.05) is 0 Å². The smallest absolute Gasteiger partial charge is 0.308 e. The van der Waals surface area contributed by atoms with E-state index in [-0.39, 0.29) is 22.7 Å². The Labute approximate surface area is 152 Å². The predicted molar refractivity (Wildman–Crippen MR) is 107 cm³/mol. The fourth-order valence-electron chi connectivity index (χ4n) is 3.91. The van der Waals surface area contributed by atoms with Crippen LogP contribution in [0, 0.1) is 22.7 Å². The first-order chi connectivity index (χ1) is 10.5. The molecule has 1 atom stereocenters. The number of esters is 1. The van der Waals surface area contributed by atoms with Crippen LogP contribution in [0.4, 0.5) is 0 Å². The summed E-state index contributed by atoms with van der Waals surface area (Å²) in [7, 11) is -3.44. The van der Waals surface area contributed by atoms with Gasteiger partial charge >= 0.3 is 5.97 Å². The van der Waals surface area contributed by atoms with Crippen LogP contribution >= 0.6 is 0 Å². The Morgan fingerprint density at radius 2 is 1.50 bits per heavy atom. The van der Waals surface area contributed by atoms with Crippen LogP contribution in [0.5, 0.6) is 0 Å². The Morgan fingerprint density at radius 1 is 1.04 bits per heavy atom. The van der Waals surface area contributed by atoms with E-state index in [0.29, 0.717) is 12.5 Å². The molecule has 1 aliphatic heterocycles. The van der Waals surface area contributed by atoms with Crippen LogP contribution in [0.1, 0.15) is 48.0 Å². The van der Waals surface area contributed by atoms with Crippen LogP contribution in [0.15, 0.2) is 0 Å². The largest absolute Gasteiger partial charge is 0.465 e. The SMILES string of the molecule is CC(C)(C)CC(COC(=O)C1C[Si](C)(C)O[Si](C)(C)C1)C(C)(C)C. The summed E-state index contributed by atoms with van der Waals surface area (Å²) in [4.78, 5) is 12.7. The molecular formula is C19H40O3Si2. The molecule has 0 bridgehead atoms. The fraction of sp³-hybridized carbons (Fsp3) is 0.947. The highest BCUT2D eigenvalue weighted by atomic mass is 28.4. The van der Waals surface area contributed by atoms with Crippen molar-refractivity contribution in [3.8, 4) is 0 Å². The van der Waals surface area contributed by atoms with Crippen molar-refractivity contribution < 1.29 is 13.6 Å². The van der Waals surface area contributed by atoms with E-state index in [2.05, 4.69) is 67.7 Å². The lowest BCUT2D eigenvalue weighted by Crippen LogP contribution is -2.52. The van der Waals surface area contributed by atoms with Crippen molar-refractivity contribution in [1.82, 2.24) is 0 Å². The third-order valence-corrected chi connectivity index (χ3v) is 12.2.